The molecule has 0 aromatic heterocycles. The van der Waals surface area contributed by atoms with E-state index in [0.717, 1.165) is 0 Å². The van der Waals surface area contributed by atoms with Crippen molar-refractivity contribution >= 4 is 16.8 Å². The van der Waals surface area contributed by atoms with E-state index in [0.29, 0.717) is 0 Å². The van der Waals surface area contributed by atoms with Gasteiger partial charge in [0.15, 0.2) is 0 Å². The van der Waals surface area contributed by atoms with Crippen molar-refractivity contribution < 1.29 is 4.79 Å². The van der Waals surface area contributed by atoms with Crippen LogP contribution in [0.25, 0.3) is 0 Å². The molecule has 0 fully saturated rings. The van der Waals surface area contributed by atoms with Crippen molar-refractivity contribution in [3.05, 3.63) is 48.6 Å². The lowest BCUT2D eigenvalue weighted by molar-refractivity contribution is -0.107. The Morgan fingerprint density at radius 1 is 1.00 bits per heavy atom. The van der Waals surface area contributed by atoms with Crippen molar-refractivity contribution in [3.8, 4) is 0 Å². The largest absolute Gasteiger partial charge is 0.276 e. The molecule has 0 saturated carbocycles. The van der Waals surface area contributed by atoms with E-state index in [1.165, 1.54) is 6.08 Å². The van der Waals surface area contributed by atoms with E-state index in [1.54, 1.807) is 12.2 Å². The second-order valence-corrected chi connectivity index (χ2v) is 2.33. The van der Waals surface area contributed by atoms with Gasteiger partial charge in [-0.15, -0.1) is 0 Å². The summed E-state index contributed by atoms with van der Waals surface area (Å²) in [5.74, 6) is 0. The second kappa shape index (κ2) is 8.02. The SMILES string of the molecule is C/C=C/C=C\C=C\C=C\C(=O)Cl. The van der Waals surface area contributed by atoms with Gasteiger partial charge in [0.05, 0.1) is 0 Å². The molecule has 0 atom stereocenters. The normalized spacial score (nSPS) is 12.8. The number of halogens is 1. The zero-order valence-corrected chi connectivity index (χ0v) is 7.66. The highest BCUT2D eigenvalue weighted by atomic mass is 35.5. The molecule has 0 radical (unpaired) electrons. The van der Waals surface area contributed by atoms with E-state index in [1.807, 2.05) is 37.3 Å². The first kappa shape index (κ1) is 10.9. The van der Waals surface area contributed by atoms with Crippen LogP contribution in [0.5, 0.6) is 0 Å². The summed E-state index contributed by atoms with van der Waals surface area (Å²) >= 11 is 5.05. The average molecular weight is 183 g/mol. The monoisotopic (exact) mass is 182 g/mol. The molecule has 0 heterocycles. The van der Waals surface area contributed by atoms with Crippen LogP contribution in [0.1, 0.15) is 6.92 Å². The van der Waals surface area contributed by atoms with Gasteiger partial charge in [0.1, 0.15) is 0 Å². The van der Waals surface area contributed by atoms with Gasteiger partial charge >= 0.3 is 0 Å². The molecule has 0 unspecified atom stereocenters. The molecule has 64 valence electrons. The first-order valence-corrected chi connectivity index (χ1v) is 3.97. The fourth-order valence-electron chi connectivity index (χ4n) is 0.499. The molecule has 0 aromatic carbocycles. The molecule has 0 aliphatic heterocycles. The van der Waals surface area contributed by atoms with Crippen molar-refractivity contribution in [2.75, 3.05) is 0 Å². The lowest BCUT2D eigenvalue weighted by Crippen LogP contribution is -1.71. The molecule has 0 aromatic rings. The van der Waals surface area contributed by atoms with E-state index >= 15 is 0 Å². The van der Waals surface area contributed by atoms with E-state index < -0.39 is 5.24 Å². The van der Waals surface area contributed by atoms with Crippen molar-refractivity contribution in [2.45, 2.75) is 6.92 Å². The Morgan fingerprint density at radius 2 is 1.50 bits per heavy atom. The molecule has 2 heteroatoms. The molecule has 0 N–H and O–H groups in total. The topological polar surface area (TPSA) is 17.1 Å². The Bertz CT molecular complexity index is 234. The summed E-state index contributed by atoms with van der Waals surface area (Å²) in [5.41, 5.74) is 0. The smallest absolute Gasteiger partial charge is 0.245 e. The minimum absolute atomic E-state index is 0.461. The van der Waals surface area contributed by atoms with Crippen LogP contribution in [0.2, 0.25) is 0 Å². The Morgan fingerprint density at radius 3 is 2.00 bits per heavy atom. The third-order valence-corrected chi connectivity index (χ3v) is 1.10. The van der Waals surface area contributed by atoms with Crippen molar-refractivity contribution in [3.63, 3.8) is 0 Å². The van der Waals surface area contributed by atoms with Crippen molar-refractivity contribution in [2.24, 2.45) is 0 Å². The summed E-state index contributed by atoms with van der Waals surface area (Å²) in [4.78, 5) is 10.2. The molecule has 0 bridgehead atoms. The molecule has 0 rings (SSSR count). The number of carbonyl (C=O) groups excluding carboxylic acids is 1. The van der Waals surface area contributed by atoms with Crippen LogP contribution in [0, 0.1) is 0 Å². The van der Waals surface area contributed by atoms with Gasteiger partial charge in [-0.1, -0.05) is 42.5 Å². The van der Waals surface area contributed by atoms with E-state index in [-0.39, 0.29) is 0 Å². The molecule has 0 spiro atoms. The second-order valence-electron chi connectivity index (χ2n) is 1.96. The number of carbonyl (C=O) groups is 1. The molecule has 0 amide bonds. The Balaban J connectivity index is 3.70. The standard InChI is InChI=1S/C10H11ClO/c1-2-3-4-5-6-7-8-9-10(11)12/h2-9H,1H3/b3-2+,5-4-,7-6+,9-8+. The van der Waals surface area contributed by atoms with Crippen LogP contribution in [-0.2, 0) is 4.79 Å². The molecule has 1 nitrogen and oxygen atoms in total. The third kappa shape index (κ3) is 8.92. The van der Waals surface area contributed by atoms with Gasteiger partial charge in [-0.25, -0.2) is 0 Å². The summed E-state index contributed by atoms with van der Waals surface area (Å²) in [6.45, 7) is 1.94. The predicted molar refractivity (Wildman–Crippen MR) is 53.1 cm³/mol. The van der Waals surface area contributed by atoms with Crippen LogP contribution in [0.4, 0.5) is 0 Å². The van der Waals surface area contributed by atoms with Gasteiger partial charge < -0.3 is 0 Å². The van der Waals surface area contributed by atoms with E-state index in [4.69, 9.17) is 11.6 Å². The summed E-state index contributed by atoms with van der Waals surface area (Å²) in [7, 11) is 0. The highest BCUT2D eigenvalue weighted by Crippen LogP contribution is 1.85. The fourth-order valence-corrected chi connectivity index (χ4v) is 0.572. The Labute approximate surface area is 77.7 Å². The summed E-state index contributed by atoms with van der Waals surface area (Å²) in [5, 5.41) is -0.461. The van der Waals surface area contributed by atoms with Gasteiger partial charge in [0.2, 0.25) is 5.24 Å². The number of allylic oxidation sites excluding steroid dienone is 8. The van der Waals surface area contributed by atoms with Gasteiger partial charge in [-0.3, -0.25) is 4.79 Å². The van der Waals surface area contributed by atoms with E-state index in [2.05, 4.69) is 0 Å². The first-order valence-electron chi connectivity index (χ1n) is 3.59. The fraction of sp³-hybridized carbons (Fsp3) is 0.100. The van der Waals surface area contributed by atoms with E-state index in [9.17, 15) is 4.79 Å². The minimum Gasteiger partial charge on any atom is -0.276 e. The van der Waals surface area contributed by atoms with Crippen LogP contribution in [0.3, 0.4) is 0 Å². The lowest BCUT2D eigenvalue weighted by Gasteiger charge is -1.73. The summed E-state index contributed by atoms with van der Waals surface area (Å²) < 4.78 is 0. The van der Waals surface area contributed by atoms with Crippen molar-refractivity contribution in [1.82, 2.24) is 0 Å². The van der Waals surface area contributed by atoms with Crippen LogP contribution >= 0.6 is 11.6 Å². The predicted octanol–water partition coefficient (Wildman–Crippen LogP) is 3.00. The zero-order chi connectivity index (χ0) is 9.23. The van der Waals surface area contributed by atoms with Gasteiger partial charge in [-0.2, -0.15) is 0 Å². The average Bonchev–Trinajstić information content (AvgIpc) is 2.02. The van der Waals surface area contributed by atoms with Crippen LogP contribution in [-0.4, -0.2) is 5.24 Å². The van der Waals surface area contributed by atoms with Gasteiger partial charge in [-0.05, 0) is 24.6 Å². The van der Waals surface area contributed by atoms with Crippen LogP contribution < -0.4 is 0 Å². The molecule has 12 heavy (non-hydrogen) atoms. The molecular weight excluding hydrogens is 172 g/mol. The summed E-state index contributed by atoms with van der Waals surface area (Å²) in [6, 6.07) is 0. The number of hydrogen-bond donors (Lipinski definition) is 0. The summed E-state index contributed by atoms with van der Waals surface area (Å²) in [6.07, 6.45) is 14.0. The highest BCUT2D eigenvalue weighted by molar-refractivity contribution is 6.66. The quantitative estimate of drug-likeness (QED) is 0.371. The first-order chi connectivity index (χ1) is 5.77. The maximum Gasteiger partial charge on any atom is 0.245 e. The Hall–Kier alpha value is -1.08. The number of hydrogen-bond acceptors (Lipinski definition) is 1. The molecule has 0 aliphatic rings. The van der Waals surface area contributed by atoms with Gasteiger partial charge in [0, 0.05) is 0 Å². The third-order valence-electron chi connectivity index (χ3n) is 0.975. The Kier molecular flexibility index (Phi) is 7.30. The van der Waals surface area contributed by atoms with Crippen molar-refractivity contribution in [1.29, 1.82) is 0 Å². The maximum atomic E-state index is 10.2. The zero-order valence-electron chi connectivity index (χ0n) is 6.91. The van der Waals surface area contributed by atoms with Crippen LogP contribution in [0.15, 0.2) is 48.6 Å². The maximum absolute atomic E-state index is 10.2. The number of rotatable bonds is 4. The molecule has 0 aliphatic carbocycles. The van der Waals surface area contributed by atoms with Gasteiger partial charge in [0.25, 0.3) is 0 Å². The molecule has 0 saturated heterocycles. The highest BCUT2D eigenvalue weighted by Gasteiger charge is 1.79. The minimum atomic E-state index is -0.461. The molecular formula is C10H11ClO. The lowest BCUT2D eigenvalue weighted by atomic mass is 10.4.